The number of amides is 7. The van der Waals surface area contributed by atoms with Gasteiger partial charge in [-0.2, -0.15) is 0 Å². The van der Waals surface area contributed by atoms with Crippen molar-refractivity contribution in [2.45, 2.75) is 51.6 Å². The minimum atomic E-state index is -1.73. The highest BCUT2D eigenvalue weighted by Gasteiger charge is 2.39. The molecule has 2 heterocycles. The molecule has 2 rings (SSSR count). The molecule has 0 bridgehead atoms. The van der Waals surface area contributed by atoms with Crippen molar-refractivity contribution in [3.8, 4) is 0 Å². The molecule has 2 aliphatic heterocycles. The van der Waals surface area contributed by atoms with Gasteiger partial charge in [-0.15, -0.1) is 0 Å². The summed E-state index contributed by atoms with van der Waals surface area (Å²) in [5.74, 6) is -9.32. The second-order valence-corrected chi connectivity index (χ2v) is 15.6. The minimum Gasteiger partial charge on any atom is -0.480 e. The van der Waals surface area contributed by atoms with E-state index in [1.54, 1.807) is 33.4 Å². The summed E-state index contributed by atoms with van der Waals surface area (Å²) in [6.07, 6.45) is 0.966. The van der Waals surface area contributed by atoms with E-state index in [4.69, 9.17) is 0 Å². The lowest BCUT2D eigenvalue weighted by atomic mass is 9.78. The maximum Gasteiger partial charge on any atom is 0.475 e. The van der Waals surface area contributed by atoms with Crippen LogP contribution in [0.15, 0.2) is 0 Å². The highest BCUT2D eigenvalue weighted by Crippen LogP contribution is 2.19. The maximum atomic E-state index is 13.0. The summed E-state index contributed by atoms with van der Waals surface area (Å²) in [6, 6.07) is -2.12. The number of hydrogen-bond donors (Lipinski definition) is 11. The first-order valence-electron chi connectivity index (χ1n) is 20.5. The Hall–Kier alpha value is -5.48. The van der Waals surface area contributed by atoms with Crippen molar-refractivity contribution in [2.75, 3.05) is 111 Å². The van der Waals surface area contributed by atoms with Crippen LogP contribution >= 0.6 is 0 Å². The summed E-state index contributed by atoms with van der Waals surface area (Å²) in [7, 11) is -1.73. The van der Waals surface area contributed by atoms with E-state index in [1.807, 2.05) is 0 Å². The lowest BCUT2D eigenvalue weighted by Crippen LogP contribution is -2.57. The number of carbonyl (C=O) groups is 10. The first-order valence-corrected chi connectivity index (χ1v) is 20.5. The Morgan fingerprint density at radius 1 is 0.524 bits per heavy atom. The third kappa shape index (κ3) is 21.4. The third-order valence-corrected chi connectivity index (χ3v) is 10.1. The van der Waals surface area contributed by atoms with E-state index in [-0.39, 0.29) is 78.5 Å². The second kappa shape index (κ2) is 27.6. The SMILES string of the molecule is CC(C)[C@H](NC(=O)CNC(=O)CNC(=O)CNC(=O)CNC(=O)CN1CCN(CC(=O)O)CCN(CC(=O)O)CCN(CC(=O)O)CC1)C(=O)N[C@H](C)C(=O)N1CCC[C@H]1B(O)O. The smallest absolute Gasteiger partial charge is 0.475 e. The Balaban J connectivity index is 1.78. The van der Waals surface area contributed by atoms with Gasteiger partial charge in [0.15, 0.2) is 0 Å². The Kier molecular flexibility index (Phi) is 23.5. The molecule has 0 saturated carbocycles. The molecule has 7 amide bonds. The van der Waals surface area contributed by atoms with Gasteiger partial charge in [-0.25, -0.2) is 0 Å². The Bertz CT molecular complexity index is 1590. The summed E-state index contributed by atoms with van der Waals surface area (Å²) >= 11 is 0. The van der Waals surface area contributed by atoms with Crippen LogP contribution in [0.4, 0.5) is 0 Å². The van der Waals surface area contributed by atoms with Crippen molar-refractivity contribution >= 4 is 66.4 Å². The van der Waals surface area contributed by atoms with Gasteiger partial charge in [0, 0.05) is 58.9 Å². The van der Waals surface area contributed by atoms with Gasteiger partial charge < -0.3 is 62.2 Å². The second-order valence-electron chi connectivity index (χ2n) is 15.6. The first-order chi connectivity index (χ1) is 29.6. The summed E-state index contributed by atoms with van der Waals surface area (Å²) in [4.78, 5) is 130. The Morgan fingerprint density at radius 2 is 0.889 bits per heavy atom. The van der Waals surface area contributed by atoms with E-state index < -0.39 is 116 Å². The van der Waals surface area contributed by atoms with Crippen LogP contribution in [0, 0.1) is 5.92 Å². The van der Waals surface area contributed by atoms with Crippen molar-refractivity contribution in [2.24, 2.45) is 5.92 Å². The number of nitrogens with zero attached hydrogens (tertiary/aromatic N) is 5. The number of rotatable bonds is 22. The largest absolute Gasteiger partial charge is 0.480 e. The van der Waals surface area contributed by atoms with Crippen molar-refractivity contribution in [3.63, 3.8) is 0 Å². The molecule has 0 aliphatic carbocycles. The first kappa shape index (κ1) is 53.7. The average molecular weight is 900 g/mol. The van der Waals surface area contributed by atoms with Crippen LogP contribution in [0.25, 0.3) is 0 Å². The molecule has 63 heavy (non-hydrogen) atoms. The molecular formula is C36H62BN11O15. The zero-order valence-electron chi connectivity index (χ0n) is 35.9. The van der Waals surface area contributed by atoms with E-state index in [1.165, 1.54) is 11.8 Å². The Labute approximate surface area is 364 Å². The Morgan fingerprint density at radius 3 is 1.25 bits per heavy atom. The van der Waals surface area contributed by atoms with E-state index in [2.05, 4.69) is 31.9 Å². The number of carboxylic acids is 3. The van der Waals surface area contributed by atoms with Gasteiger partial charge in [-0.05, 0) is 25.7 Å². The predicted molar refractivity (Wildman–Crippen MR) is 220 cm³/mol. The van der Waals surface area contributed by atoms with Gasteiger partial charge in [0.2, 0.25) is 41.4 Å². The molecule has 0 aromatic heterocycles. The quantitative estimate of drug-likeness (QED) is 0.0450. The highest BCUT2D eigenvalue weighted by atomic mass is 16.4. The number of aliphatic carboxylic acids is 3. The molecular weight excluding hydrogens is 837 g/mol. The van der Waals surface area contributed by atoms with Gasteiger partial charge in [0.05, 0.1) is 58.3 Å². The van der Waals surface area contributed by atoms with Crippen LogP contribution in [-0.2, 0) is 47.9 Å². The van der Waals surface area contributed by atoms with E-state index >= 15 is 0 Å². The molecule has 0 spiro atoms. The molecule has 11 N–H and O–H groups in total. The van der Waals surface area contributed by atoms with Gasteiger partial charge in [-0.3, -0.25) is 67.5 Å². The van der Waals surface area contributed by atoms with Crippen molar-refractivity contribution in [1.82, 2.24) is 56.4 Å². The summed E-state index contributed by atoms with van der Waals surface area (Å²) < 4.78 is 0. The van der Waals surface area contributed by atoms with Crippen LogP contribution < -0.4 is 31.9 Å². The number of nitrogens with one attached hydrogen (secondary N) is 6. The van der Waals surface area contributed by atoms with Gasteiger partial charge >= 0.3 is 25.0 Å². The fourth-order valence-corrected chi connectivity index (χ4v) is 6.70. The van der Waals surface area contributed by atoms with E-state index in [9.17, 15) is 73.3 Å². The molecule has 354 valence electrons. The van der Waals surface area contributed by atoms with Gasteiger partial charge in [-0.1, -0.05) is 13.8 Å². The van der Waals surface area contributed by atoms with Crippen molar-refractivity contribution in [1.29, 1.82) is 0 Å². The van der Waals surface area contributed by atoms with E-state index in [0.717, 1.165) is 0 Å². The zero-order chi connectivity index (χ0) is 47.2. The summed E-state index contributed by atoms with van der Waals surface area (Å²) in [6.45, 7) is 3.12. The van der Waals surface area contributed by atoms with Crippen LogP contribution in [0.2, 0.25) is 0 Å². The predicted octanol–water partition coefficient (Wildman–Crippen LogP) is -7.42. The molecule has 2 saturated heterocycles. The number of carboxylic acid groups (broad SMARTS) is 3. The third-order valence-electron chi connectivity index (χ3n) is 10.1. The minimum absolute atomic E-state index is 0.183. The maximum absolute atomic E-state index is 13.0. The lowest BCUT2D eigenvalue weighted by molar-refractivity contribution is -0.140. The molecule has 2 fully saturated rings. The fraction of sp³-hybridized carbons (Fsp3) is 0.722. The summed E-state index contributed by atoms with van der Waals surface area (Å²) in [5, 5.41) is 61.5. The highest BCUT2D eigenvalue weighted by molar-refractivity contribution is 6.43. The van der Waals surface area contributed by atoms with Gasteiger partial charge in [0.1, 0.15) is 12.1 Å². The normalized spacial score (nSPS) is 18.1. The number of hydrogen-bond acceptors (Lipinski definition) is 16. The van der Waals surface area contributed by atoms with Crippen molar-refractivity contribution in [3.05, 3.63) is 0 Å². The molecule has 0 aromatic carbocycles. The molecule has 0 radical (unpaired) electrons. The van der Waals surface area contributed by atoms with Crippen LogP contribution in [-0.4, -0.2) is 246 Å². The van der Waals surface area contributed by atoms with Crippen LogP contribution in [0.5, 0.6) is 0 Å². The fourth-order valence-electron chi connectivity index (χ4n) is 6.70. The lowest BCUT2D eigenvalue weighted by Gasteiger charge is -2.32. The molecule has 26 nitrogen and oxygen atoms in total. The molecule has 3 atom stereocenters. The average Bonchev–Trinajstić information content (AvgIpc) is 3.70. The molecule has 27 heteroatoms. The number of carbonyl (C=O) groups excluding carboxylic acids is 7. The zero-order valence-corrected chi connectivity index (χ0v) is 35.9. The monoisotopic (exact) mass is 899 g/mol. The van der Waals surface area contributed by atoms with Crippen molar-refractivity contribution < 1.29 is 73.3 Å². The molecule has 0 aromatic rings. The topological polar surface area (TPSA) is 360 Å². The standard InChI is InChI=1S/C36H62BN11O15/c1-23(2)34(35(60)42-24(3)36(61)48-6-4-5-25(48)37(62)63)43-29(52)18-40-27(50)16-38-26(49)15-39-28(51)17-41-30(53)19-44-7-9-45(20-31(54)55)11-13-47(22-33(58)59)14-12-46(10-8-44)21-32(56)57/h23-25,34,62-63H,4-22H2,1-3H3,(H,38,49)(H,39,51)(H,40,50)(H,41,53)(H,42,60)(H,43,52)(H,54,55)(H,56,57)(H,58,59)/t24-,25+,34+/m1/s1. The van der Waals surface area contributed by atoms with Crippen LogP contribution in [0.3, 0.4) is 0 Å². The number of likely N-dealkylation sites (tertiary alicyclic amines) is 1. The van der Waals surface area contributed by atoms with Crippen LogP contribution in [0.1, 0.15) is 33.6 Å². The summed E-state index contributed by atoms with van der Waals surface area (Å²) in [5.41, 5.74) is 0. The molecule has 2 aliphatic rings. The molecule has 0 unspecified atom stereocenters. The van der Waals surface area contributed by atoms with E-state index in [0.29, 0.717) is 19.4 Å². The van der Waals surface area contributed by atoms with Gasteiger partial charge in [0.25, 0.3) is 0 Å².